The van der Waals surface area contributed by atoms with E-state index in [0.717, 1.165) is 51.5 Å². The topological polar surface area (TPSA) is 54.8 Å². The summed E-state index contributed by atoms with van der Waals surface area (Å²) >= 11 is 0. The summed E-state index contributed by atoms with van der Waals surface area (Å²) in [6.45, 7) is 6.63. The Balaban J connectivity index is 1.29. The summed E-state index contributed by atoms with van der Waals surface area (Å²) in [5.41, 5.74) is 18.6. The van der Waals surface area contributed by atoms with Gasteiger partial charge >= 0.3 is 0 Å². The van der Waals surface area contributed by atoms with Crippen LogP contribution in [0.1, 0.15) is 23.6 Å². The molecule has 0 unspecified atom stereocenters. The molecule has 5 aromatic carbocycles. The smallest absolute Gasteiger partial charge is 0.252 e. The predicted molar refractivity (Wildman–Crippen MR) is 193 cm³/mol. The molecule has 0 saturated carbocycles. The highest BCUT2D eigenvalue weighted by atomic mass is 15.1. The summed E-state index contributed by atoms with van der Waals surface area (Å²) in [5.74, 6) is 0.949. The Bertz CT molecular complexity index is 2300. The van der Waals surface area contributed by atoms with Gasteiger partial charge in [-0.2, -0.15) is 0 Å². The van der Waals surface area contributed by atoms with E-state index >= 15 is 0 Å². The summed E-state index contributed by atoms with van der Waals surface area (Å²) in [6.07, 6.45) is 2.83. The summed E-state index contributed by atoms with van der Waals surface area (Å²) in [7, 11) is 0. The number of hydrogen-bond donors (Lipinski definition) is 2. The molecule has 2 aromatic heterocycles. The van der Waals surface area contributed by atoms with Crippen molar-refractivity contribution in [1.82, 2.24) is 14.5 Å². The monoisotopic (exact) mass is 593 g/mol. The molecule has 0 aliphatic carbocycles. The molecule has 0 radical (unpaired) electrons. The van der Waals surface area contributed by atoms with Crippen molar-refractivity contribution in [2.24, 2.45) is 0 Å². The lowest BCUT2D eigenvalue weighted by molar-refractivity contribution is 1.06. The van der Waals surface area contributed by atoms with Gasteiger partial charge in [0.25, 0.3) is 6.71 Å². The molecule has 2 aliphatic rings. The van der Waals surface area contributed by atoms with Gasteiger partial charge in [0, 0.05) is 34.5 Å². The lowest BCUT2D eigenvalue weighted by atomic mass is 9.33. The van der Waals surface area contributed by atoms with Gasteiger partial charge in [0.2, 0.25) is 0 Å². The highest BCUT2D eigenvalue weighted by Crippen LogP contribution is 2.36. The molecule has 4 heterocycles. The van der Waals surface area contributed by atoms with Crippen LogP contribution in [0.4, 0.5) is 22.7 Å². The van der Waals surface area contributed by atoms with Crippen LogP contribution in [0, 0.1) is 13.8 Å². The molecule has 6 heteroatoms. The van der Waals surface area contributed by atoms with E-state index in [1.165, 1.54) is 50.1 Å². The van der Waals surface area contributed by atoms with Gasteiger partial charge in [-0.3, -0.25) is 9.55 Å². The van der Waals surface area contributed by atoms with Crippen molar-refractivity contribution in [2.75, 3.05) is 10.6 Å². The van der Waals surface area contributed by atoms with Crippen molar-refractivity contribution in [1.29, 1.82) is 0 Å². The largest absolute Gasteiger partial charge is 0.356 e. The number of hydrogen-bond acceptors (Lipinski definition) is 4. The number of aromatic nitrogens is 3. The van der Waals surface area contributed by atoms with Gasteiger partial charge in [0.15, 0.2) is 0 Å². The first kappa shape index (κ1) is 26.8. The molecule has 0 bridgehead atoms. The lowest BCUT2D eigenvalue weighted by Crippen LogP contribution is -2.59. The Morgan fingerprint density at radius 1 is 0.674 bits per heavy atom. The van der Waals surface area contributed by atoms with Crippen LogP contribution in [0.5, 0.6) is 0 Å². The molecule has 5 nitrogen and oxygen atoms in total. The molecule has 0 atom stereocenters. The third-order valence-electron chi connectivity index (χ3n) is 9.64. The van der Waals surface area contributed by atoms with Gasteiger partial charge in [0.05, 0.1) is 22.4 Å². The third kappa shape index (κ3) is 4.03. The molecule has 7 aromatic rings. The predicted octanol–water partition coefficient (Wildman–Crippen LogP) is 7.56. The number of aryl methyl sites for hydroxylation is 3. The average Bonchev–Trinajstić information content (AvgIpc) is 3.47. The van der Waals surface area contributed by atoms with Gasteiger partial charge in [-0.1, -0.05) is 61.5 Å². The Hall–Kier alpha value is -5.62. The van der Waals surface area contributed by atoms with Crippen LogP contribution in [0.15, 0.2) is 115 Å². The van der Waals surface area contributed by atoms with Crippen LogP contribution >= 0.6 is 0 Å². The minimum atomic E-state index is 0.0463. The maximum atomic E-state index is 5.26. The summed E-state index contributed by atoms with van der Waals surface area (Å²) in [5, 5.41) is 7.62. The van der Waals surface area contributed by atoms with E-state index in [2.05, 4.69) is 138 Å². The first-order valence-corrected chi connectivity index (χ1v) is 16.0. The zero-order chi connectivity index (χ0) is 30.9. The van der Waals surface area contributed by atoms with Gasteiger partial charge < -0.3 is 10.6 Å². The van der Waals surface area contributed by atoms with Gasteiger partial charge in [-0.05, 0) is 114 Å². The number of fused-ring (bicyclic) bond motifs is 5. The maximum Gasteiger partial charge on any atom is 0.252 e. The van der Waals surface area contributed by atoms with Gasteiger partial charge in [0.1, 0.15) is 5.82 Å². The second kappa shape index (κ2) is 10.2. The zero-order valence-corrected chi connectivity index (χ0v) is 26.1. The molecular weight excluding hydrogens is 561 g/mol. The second-order valence-electron chi connectivity index (χ2n) is 12.5. The first-order chi connectivity index (χ1) is 22.6. The van der Waals surface area contributed by atoms with Crippen molar-refractivity contribution in [2.45, 2.75) is 27.2 Å². The number of benzene rings is 5. The van der Waals surface area contributed by atoms with Crippen LogP contribution in [0.3, 0.4) is 0 Å². The van der Waals surface area contributed by atoms with Crippen LogP contribution < -0.4 is 27.0 Å². The van der Waals surface area contributed by atoms with Crippen LogP contribution in [-0.4, -0.2) is 21.2 Å². The Labute approximate surface area is 269 Å². The van der Waals surface area contributed by atoms with E-state index in [0.29, 0.717) is 0 Å². The maximum absolute atomic E-state index is 5.26. The Morgan fingerprint density at radius 2 is 1.35 bits per heavy atom. The number of rotatable bonds is 4. The Morgan fingerprint density at radius 3 is 2.04 bits per heavy atom. The molecule has 2 aliphatic heterocycles. The lowest BCUT2D eigenvalue weighted by Gasteiger charge is -2.35. The van der Waals surface area contributed by atoms with E-state index in [1.807, 2.05) is 18.3 Å². The fourth-order valence-electron chi connectivity index (χ4n) is 7.47. The number of nitrogens with one attached hydrogen (secondary N) is 2. The van der Waals surface area contributed by atoms with E-state index in [4.69, 9.17) is 4.98 Å². The average molecular weight is 594 g/mol. The van der Waals surface area contributed by atoms with Crippen molar-refractivity contribution in [3.05, 3.63) is 132 Å². The summed E-state index contributed by atoms with van der Waals surface area (Å²) in [6, 6.07) is 39.2. The summed E-state index contributed by atoms with van der Waals surface area (Å²) in [4.78, 5) is 9.93. The van der Waals surface area contributed by atoms with Crippen molar-refractivity contribution >= 4 is 56.9 Å². The molecule has 9 rings (SSSR count). The standard InChI is InChI=1S/C40H32BN5/c1-4-26-20-35-38-36(21-26)44-33-18-16-28(40-45-34-13-5-6-14-37(34)46(40)39-24(2)10-9-11-25(39)3)23-30(33)41(38)29-22-27(15-17-32(29)43-35)31-12-7-8-19-42-31/h5-23,43-44H,4H2,1-3H3. The number of anilines is 4. The molecule has 46 heavy (non-hydrogen) atoms. The summed E-state index contributed by atoms with van der Waals surface area (Å²) < 4.78 is 2.35. The number of imidazole rings is 1. The quantitative estimate of drug-likeness (QED) is 0.207. The van der Waals surface area contributed by atoms with Gasteiger partial charge in [-0.15, -0.1) is 0 Å². The van der Waals surface area contributed by atoms with Crippen molar-refractivity contribution < 1.29 is 0 Å². The fraction of sp³-hybridized carbons (Fsp3) is 0.100. The van der Waals surface area contributed by atoms with E-state index in [9.17, 15) is 0 Å². The number of pyridine rings is 1. The highest BCUT2D eigenvalue weighted by molar-refractivity contribution is 7.00. The molecule has 0 amide bonds. The number of para-hydroxylation sites is 3. The fourth-order valence-corrected chi connectivity index (χ4v) is 7.47. The second-order valence-corrected chi connectivity index (χ2v) is 12.5. The molecule has 220 valence electrons. The zero-order valence-electron chi connectivity index (χ0n) is 26.1. The minimum absolute atomic E-state index is 0.0463. The molecule has 2 N–H and O–H groups in total. The minimum Gasteiger partial charge on any atom is -0.356 e. The number of nitrogens with zero attached hydrogens (tertiary/aromatic N) is 3. The first-order valence-electron chi connectivity index (χ1n) is 16.0. The van der Waals surface area contributed by atoms with Crippen molar-refractivity contribution in [3.63, 3.8) is 0 Å². The SMILES string of the molecule is CCc1cc2c3c(c1)Nc1ccc(-c4nc5ccccc5n4-c4c(C)cccc4C)cc1B3c1cc(-c3ccccn3)ccc1N2. The molecule has 0 saturated heterocycles. The normalized spacial score (nSPS) is 12.6. The van der Waals surface area contributed by atoms with Crippen molar-refractivity contribution in [3.8, 4) is 28.3 Å². The molecule has 0 spiro atoms. The highest BCUT2D eigenvalue weighted by Gasteiger charge is 2.38. The van der Waals surface area contributed by atoms with Gasteiger partial charge in [-0.25, -0.2) is 4.98 Å². The van der Waals surface area contributed by atoms with Crippen LogP contribution in [-0.2, 0) is 6.42 Å². The third-order valence-corrected chi connectivity index (χ3v) is 9.64. The molecular formula is C40H32BN5. The van der Waals surface area contributed by atoms with Crippen LogP contribution in [0.2, 0.25) is 0 Å². The van der Waals surface area contributed by atoms with E-state index in [1.54, 1.807) is 0 Å². The molecule has 0 fully saturated rings. The van der Waals surface area contributed by atoms with E-state index in [-0.39, 0.29) is 6.71 Å². The Kier molecular flexibility index (Phi) is 5.94. The van der Waals surface area contributed by atoms with E-state index < -0.39 is 0 Å². The van der Waals surface area contributed by atoms with Crippen LogP contribution in [0.25, 0.3) is 39.4 Å².